The predicted octanol–water partition coefficient (Wildman–Crippen LogP) is 2.64. The molecule has 0 atom stereocenters. The fraction of sp³-hybridized carbons (Fsp3) is 0.714. The third kappa shape index (κ3) is 4.06. The lowest BCUT2D eigenvalue weighted by Crippen LogP contribution is -2.27. The molecule has 1 aromatic heterocycles. The first kappa shape index (κ1) is 15.5. The molecule has 112 valence electrons. The molecule has 5 nitrogen and oxygen atoms in total. The molecular weight excluding hydrogens is 322 g/mol. The van der Waals surface area contributed by atoms with Crippen molar-refractivity contribution in [3.63, 3.8) is 0 Å². The van der Waals surface area contributed by atoms with Gasteiger partial charge in [-0.05, 0) is 34.7 Å². The smallest absolute Gasteiger partial charge is 0.283 e. The third-order valence-corrected chi connectivity index (χ3v) is 4.56. The summed E-state index contributed by atoms with van der Waals surface area (Å²) in [6.45, 7) is 1.87. The highest BCUT2D eigenvalue weighted by molar-refractivity contribution is 9.10. The lowest BCUT2D eigenvalue weighted by molar-refractivity contribution is 0.181. The van der Waals surface area contributed by atoms with Gasteiger partial charge in [0.25, 0.3) is 5.56 Å². The zero-order valence-corrected chi connectivity index (χ0v) is 13.5. The van der Waals surface area contributed by atoms with Gasteiger partial charge in [-0.2, -0.15) is 5.10 Å². The summed E-state index contributed by atoms with van der Waals surface area (Å²) in [5, 5.41) is 7.52. The lowest BCUT2D eigenvalue weighted by Gasteiger charge is -2.22. The van der Waals surface area contributed by atoms with Crippen molar-refractivity contribution in [1.29, 1.82) is 0 Å². The first-order valence-corrected chi connectivity index (χ1v) is 8.00. The van der Waals surface area contributed by atoms with Crippen LogP contribution in [-0.4, -0.2) is 30.0 Å². The summed E-state index contributed by atoms with van der Waals surface area (Å²) in [5.74, 6) is 0.714. The second kappa shape index (κ2) is 7.78. The van der Waals surface area contributed by atoms with Crippen molar-refractivity contribution in [3.05, 3.63) is 21.0 Å². The average Bonchev–Trinajstić information content (AvgIpc) is 2.49. The maximum absolute atomic E-state index is 12.1. The summed E-state index contributed by atoms with van der Waals surface area (Å²) in [4.78, 5) is 12.1. The van der Waals surface area contributed by atoms with Crippen LogP contribution in [0.25, 0.3) is 0 Å². The number of hydrogen-bond acceptors (Lipinski definition) is 4. The van der Waals surface area contributed by atoms with Gasteiger partial charge in [0.05, 0.1) is 25.0 Å². The van der Waals surface area contributed by atoms with Crippen LogP contribution < -0.4 is 10.9 Å². The van der Waals surface area contributed by atoms with E-state index in [1.165, 1.54) is 36.8 Å². The summed E-state index contributed by atoms with van der Waals surface area (Å²) >= 11 is 3.37. The molecule has 0 unspecified atom stereocenters. The number of nitrogens with zero attached hydrogens (tertiary/aromatic N) is 2. The van der Waals surface area contributed by atoms with E-state index in [0.717, 1.165) is 12.2 Å². The zero-order valence-electron chi connectivity index (χ0n) is 11.9. The Labute approximate surface area is 127 Å². The second-order valence-corrected chi connectivity index (χ2v) is 6.07. The van der Waals surface area contributed by atoms with Crippen LogP contribution >= 0.6 is 15.9 Å². The Hall–Kier alpha value is -0.880. The average molecular weight is 344 g/mol. The first-order valence-electron chi connectivity index (χ1n) is 7.21. The molecular formula is C14H22BrN3O2. The molecule has 2 rings (SSSR count). The molecule has 1 heterocycles. The van der Waals surface area contributed by atoms with Crippen LogP contribution in [0.1, 0.15) is 32.1 Å². The van der Waals surface area contributed by atoms with Crippen molar-refractivity contribution in [2.24, 2.45) is 5.92 Å². The minimum absolute atomic E-state index is 0.115. The van der Waals surface area contributed by atoms with E-state index in [-0.39, 0.29) is 5.56 Å². The molecule has 20 heavy (non-hydrogen) atoms. The summed E-state index contributed by atoms with van der Waals surface area (Å²) in [7, 11) is 1.61. The Bertz CT molecular complexity index is 484. The molecule has 0 aliphatic heterocycles. The lowest BCUT2D eigenvalue weighted by atomic mass is 9.89. The van der Waals surface area contributed by atoms with Crippen LogP contribution in [0.15, 0.2) is 15.5 Å². The topological polar surface area (TPSA) is 56.1 Å². The molecule has 0 spiro atoms. The summed E-state index contributed by atoms with van der Waals surface area (Å²) in [6, 6.07) is 0. The predicted molar refractivity (Wildman–Crippen MR) is 83.1 cm³/mol. The minimum atomic E-state index is -0.115. The number of halogens is 1. The van der Waals surface area contributed by atoms with Gasteiger partial charge in [0.15, 0.2) is 0 Å². The van der Waals surface area contributed by atoms with Crippen molar-refractivity contribution in [3.8, 4) is 0 Å². The van der Waals surface area contributed by atoms with Gasteiger partial charge in [-0.15, -0.1) is 0 Å². The molecule has 1 saturated carbocycles. The number of methoxy groups -OCH3 is 1. The largest absolute Gasteiger partial charge is 0.383 e. The number of ether oxygens (including phenoxy) is 1. The minimum Gasteiger partial charge on any atom is -0.383 e. The van der Waals surface area contributed by atoms with Gasteiger partial charge in [0.2, 0.25) is 0 Å². The first-order chi connectivity index (χ1) is 9.72. The monoisotopic (exact) mass is 343 g/mol. The zero-order chi connectivity index (χ0) is 14.4. The Morgan fingerprint density at radius 3 is 2.90 bits per heavy atom. The Balaban J connectivity index is 1.97. The molecule has 0 amide bonds. The maximum atomic E-state index is 12.1. The van der Waals surface area contributed by atoms with Gasteiger partial charge in [-0.1, -0.05) is 19.3 Å². The summed E-state index contributed by atoms with van der Waals surface area (Å²) in [6.07, 6.45) is 8.28. The van der Waals surface area contributed by atoms with Crippen molar-refractivity contribution in [2.75, 3.05) is 25.6 Å². The van der Waals surface area contributed by atoms with Crippen molar-refractivity contribution < 1.29 is 4.74 Å². The van der Waals surface area contributed by atoms with Crippen LogP contribution in [0.2, 0.25) is 0 Å². The van der Waals surface area contributed by atoms with Crippen LogP contribution in [0.4, 0.5) is 5.69 Å². The molecule has 6 heteroatoms. The Morgan fingerprint density at radius 2 is 2.20 bits per heavy atom. The number of rotatable bonds is 6. The Kier molecular flexibility index (Phi) is 6.04. The molecule has 0 aromatic carbocycles. The van der Waals surface area contributed by atoms with Gasteiger partial charge >= 0.3 is 0 Å². The van der Waals surface area contributed by atoms with Crippen LogP contribution in [-0.2, 0) is 11.3 Å². The quantitative estimate of drug-likeness (QED) is 0.862. The fourth-order valence-electron chi connectivity index (χ4n) is 2.57. The molecule has 1 aromatic rings. The van der Waals surface area contributed by atoms with E-state index in [2.05, 4.69) is 26.3 Å². The van der Waals surface area contributed by atoms with Gasteiger partial charge < -0.3 is 10.1 Å². The third-order valence-electron chi connectivity index (χ3n) is 3.80. The van der Waals surface area contributed by atoms with E-state index >= 15 is 0 Å². The molecule has 1 fully saturated rings. The molecule has 0 saturated heterocycles. The number of nitrogens with one attached hydrogen (secondary N) is 1. The Morgan fingerprint density at radius 1 is 1.45 bits per heavy atom. The van der Waals surface area contributed by atoms with Crippen molar-refractivity contribution in [2.45, 2.75) is 38.6 Å². The highest BCUT2D eigenvalue weighted by Gasteiger charge is 2.14. The van der Waals surface area contributed by atoms with Crippen molar-refractivity contribution >= 4 is 21.6 Å². The number of aromatic nitrogens is 2. The molecule has 0 radical (unpaired) electrons. The van der Waals surface area contributed by atoms with Gasteiger partial charge in [-0.3, -0.25) is 4.79 Å². The highest BCUT2D eigenvalue weighted by Crippen LogP contribution is 2.25. The fourth-order valence-corrected chi connectivity index (χ4v) is 3.02. The normalized spacial score (nSPS) is 16.3. The molecule has 1 aliphatic carbocycles. The molecule has 1 aliphatic rings. The highest BCUT2D eigenvalue weighted by atomic mass is 79.9. The van der Waals surface area contributed by atoms with E-state index in [1.807, 2.05) is 0 Å². The van der Waals surface area contributed by atoms with Gasteiger partial charge in [0.1, 0.15) is 4.47 Å². The number of anilines is 1. The maximum Gasteiger partial charge on any atom is 0.283 e. The summed E-state index contributed by atoms with van der Waals surface area (Å²) in [5.41, 5.74) is 0.671. The van der Waals surface area contributed by atoms with Gasteiger partial charge in [-0.25, -0.2) is 4.68 Å². The van der Waals surface area contributed by atoms with E-state index in [9.17, 15) is 4.79 Å². The van der Waals surface area contributed by atoms with Crippen LogP contribution in [0.5, 0.6) is 0 Å². The standard InChI is InChI=1S/C14H22BrN3O2/c1-20-8-7-18-14(19)13(15)12(10-17-18)16-9-11-5-3-2-4-6-11/h10-11,16H,2-9H2,1H3. The number of hydrogen-bond donors (Lipinski definition) is 1. The van der Waals surface area contributed by atoms with E-state index in [0.29, 0.717) is 23.5 Å². The summed E-state index contributed by atoms with van der Waals surface area (Å²) < 4.78 is 6.94. The molecule has 1 N–H and O–H groups in total. The SMILES string of the molecule is COCCn1ncc(NCC2CCCCC2)c(Br)c1=O. The van der Waals surface area contributed by atoms with Crippen LogP contribution in [0, 0.1) is 5.92 Å². The second-order valence-electron chi connectivity index (χ2n) is 5.28. The van der Waals surface area contributed by atoms with E-state index in [4.69, 9.17) is 4.74 Å². The molecule has 0 bridgehead atoms. The van der Waals surface area contributed by atoms with Crippen LogP contribution in [0.3, 0.4) is 0 Å². The van der Waals surface area contributed by atoms with E-state index in [1.54, 1.807) is 13.3 Å². The van der Waals surface area contributed by atoms with Gasteiger partial charge in [0, 0.05) is 13.7 Å². The van der Waals surface area contributed by atoms with E-state index < -0.39 is 0 Å². The van der Waals surface area contributed by atoms with Crippen molar-refractivity contribution in [1.82, 2.24) is 9.78 Å².